The summed E-state index contributed by atoms with van der Waals surface area (Å²) < 4.78 is 7.26. The Balaban J connectivity index is 1.69. The predicted octanol–water partition coefficient (Wildman–Crippen LogP) is 4.30. The highest BCUT2D eigenvalue weighted by Gasteiger charge is 2.14. The molecule has 2 aromatic heterocycles. The summed E-state index contributed by atoms with van der Waals surface area (Å²) in [7, 11) is 0. The molecule has 2 aromatic carbocycles. The first-order valence-electron chi connectivity index (χ1n) is 8.80. The molecule has 1 N–H and O–H groups in total. The van der Waals surface area contributed by atoms with Crippen LogP contribution in [0.3, 0.4) is 0 Å². The molecule has 0 saturated carbocycles. The van der Waals surface area contributed by atoms with Crippen molar-refractivity contribution in [3.63, 3.8) is 0 Å². The number of fused-ring (bicyclic) bond motifs is 1. The summed E-state index contributed by atoms with van der Waals surface area (Å²) in [5, 5.41) is 19.7. The van der Waals surface area contributed by atoms with Crippen LogP contribution >= 0.6 is 11.8 Å². The van der Waals surface area contributed by atoms with E-state index in [1.807, 2.05) is 4.57 Å². The van der Waals surface area contributed by atoms with Gasteiger partial charge in [-0.2, -0.15) is 0 Å². The van der Waals surface area contributed by atoms with Crippen LogP contribution in [0.4, 0.5) is 0 Å². The lowest BCUT2D eigenvalue weighted by Crippen LogP contribution is -2.02. The lowest BCUT2D eigenvalue weighted by atomic mass is 10.1. The van der Waals surface area contributed by atoms with E-state index in [0.29, 0.717) is 16.9 Å². The van der Waals surface area contributed by atoms with Gasteiger partial charge in [0.2, 0.25) is 0 Å². The van der Waals surface area contributed by atoms with Crippen LogP contribution in [0.25, 0.3) is 16.7 Å². The summed E-state index contributed by atoms with van der Waals surface area (Å²) in [5.41, 5.74) is 4.72. The van der Waals surface area contributed by atoms with E-state index in [1.165, 1.54) is 23.4 Å². The third kappa shape index (κ3) is 3.29. The van der Waals surface area contributed by atoms with Crippen LogP contribution in [0.15, 0.2) is 57.1 Å². The number of hydrogen-bond acceptors (Lipinski definition) is 6. The maximum atomic E-state index is 12.0. The summed E-state index contributed by atoms with van der Waals surface area (Å²) in [5.74, 6) is 0.630. The highest BCUT2D eigenvalue weighted by molar-refractivity contribution is 7.98. The Labute approximate surface area is 165 Å². The fourth-order valence-corrected chi connectivity index (χ4v) is 4.15. The minimum absolute atomic E-state index is 0.107. The standard InChI is InChI=1S/C21H19N3O3S/c1-12-4-6-17(13(2)8-12)24-11-22-23-21(24)28-10-15-9-19(26)27-20-14(3)18(25)7-5-16(15)20/h4-9,11,25H,10H2,1-3H3. The van der Waals surface area contributed by atoms with E-state index >= 15 is 0 Å². The first-order chi connectivity index (χ1) is 13.4. The fraction of sp³-hybridized carbons (Fsp3) is 0.190. The Morgan fingerprint density at radius 1 is 1.14 bits per heavy atom. The number of thioether (sulfide) groups is 1. The number of phenols is 1. The lowest BCUT2D eigenvalue weighted by molar-refractivity contribution is 0.468. The molecule has 0 aliphatic carbocycles. The quantitative estimate of drug-likeness (QED) is 0.411. The molecule has 4 rings (SSSR count). The van der Waals surface area contributed by atoms with Crippen molar-refractivity contribution in [2.75, 3.05) is 0 Å². The van der Waals surface area contributed by atoms with E-state index in [0.717, 1.165) is 27.4 Å². The molecule has 0 amide bonds. The first kappa shape index (κ1) is 18.3. The molecule has 0 spiro atoms. The number of phenolic OH excluding ortho intramolecular Hbond substituents is 1. The number of aromatic nitrogens is 3. The van der Waals surface area contributed by atoms with Crippen LogP contribution < -0.4 is 5.63 Å². The third-order valence-corrected chi connectivity index (χ3v) is 5.69. The van der Waals surface area contributed by atoms with Gasteiger partial charge in [0.1, 0.15) is 17.7 Å². The molecule has 0 aliphatic rings. The second kappa shape index (κ2) is 7.16. The second-order valence-corrected chi connectivity index (χ2v) is 7.68. The zero-order valence-electron chi connectivity index (χ0n) is 15.8. The van der Waals surface area contributed by atoms with Gasteiger partial charge in [-0.25, -0.2) is 4.79 Å². The van der Waals surface area contributed by atoms with Crippen molar-refractivity contribution in [2.45, 2.75) is 31.7 Å². The van der Waals surface area contributed by atoms with Crippen molar-refractivity contribution in [3.8, 4) is 11.4 Å². The van der Waals surface area contributed by atoms with Crippen molar-refractivity contribution in [3.05, 3.63) is 75.4 Å². The van der Waals surface area contributed by atoms with Gasteiger partial charge in [0.05, 0.1) is 5.69 Å². The Morgan fingerprint density at radius 3 is 2.75 bits per heavy atom. The normalized spacial score (nSPS) is 11.2. The summed E-state index contributed by atoms with van der Waals surface area (Å²) in [6.45, 7) is 5.85. The van der Waals surface area contributed by atoms with Gasteiger partial charge in [-0.15, -0.1) is 10.2 Å². The van der Waals surface area contributed by atoms with Crippen LogP contribution in [-0.2, 0) is 5.75 Å². The minimum Gasteiger partial charge on any atom is -0.508 e. The van der Waals surface area contributed by atoms with Crippen molar-refractivity contribution >= 4 is 22.7 Å². The minimum atomic E-state index is -0.437. The molecule has 0 unspecified atom stereocenters. The second-order valence-electron chi connectivity index (χ2n) is 6.74. The van der Waals surface area contributed by atoms with Gasteiger partial charge in [-0.3, -0.25) is 4.57 Å². The predicted molar refractivity (Wildman–Crippen MR) is 109 cm³/mol. The molecule has 0 saturated heterocycles. The largest absolute Gasteiger partial charge is 0.508 e. The fourth-order valence-electron chi connectivity index (χ4n) is 3.24. The molecule has 0 atom stereocenters. The zero-order chi connectivity index (χ0) is 19.8. The van der Waals surface area contributed by atoms with E-state index in [4.69, 9.17) is 4.42 Å². The Morgan fingerprint density at radius 2 is 1.96 bits per heavy atom. The molecule has 2 heterocycles. The van der Waals surface area contributed by atoms with Gasteiger partial charge >= 0.3 is 5.63 Å². The SMILES string of the molecule is Cc1ccc(-n2cnnc2SCc2cc(=O)oc3c(C)c(O)ccc23)c(C)c1. The molecular formula is C21H19N3O3S. The van der Waals surface area contributed by atoms with Crippen molar-refractivity contribution < 1.29 is 9.52 Å². The Hall–Kier alpha value is -3.06. The molecule has 4 aromatic rings. The van der Waals surface area contributed by atoms with E-state index in [9.17, 15) is 9.90 Å². The molecule has 0 aliphatic heterocycles. The molecule has 7 heteroatoms. The average Bonchev–Trinajstić information content (AvgIpc) is 3.11. The van der Waals surface area contributed by atoms with E-state index in [2.05, 4.69) is 42.2 Å². The summed E-state index contributed by atoms with van der Waals surface area (Å²) >= 11 is 1.49. The van der Waals surface area contributed by atoms with E-state index < -0.39 is 5.63 Å². The highest BCUT2D eigenvalue weighted by atomic mass is 32.2. The smallest absolute Gasteiger partial charge is 0.336 e. The lowest BCUT2D eigenvalue weighted by Gasteiger charge is -2.11. The Bertz CT molecular complexity index is 1240. The Kier molecular flexibility index (Phi) is 4.68. The molecular weight excluding hydrogens is 374 g/mol. The number of rotatable bonds is 4. The molecule has 0 fully saturated rings. The average molecular weight is 393 g/mol. The van der Waals surface area contributed by atoms with Crippen molar-refractivity contribution in [1.29, 1.82) is 0 Å². The van der Waals surface area contributed by atoms with Gasteiger partial charge in [0, 0.05) is 22.8 Å². The number of nitrogens with zero attached hydrogens (tertiary/aromatic N) is 3. The maximum absolute atomic E-state index is 12.0. The number of hydrogen-bond donors (Lipinski definition) is 1. The van der Waals surface area contributed by atoms with Crippen molar-refractivity contribution in [1.82, 2.24) is 14.8 Å². The summed E-state index contributed by atoms with van der Waals surface area (Å²) in [4.78, 5) is 12.0. The van der Waals surface area contributed by atoms with E-state index in [1.54, 1.807) is 25.4 Å². The molecule has 6 nitrogen and oxygen atoms in total. The molecule has 0 radical (unpaired) electrons. The molecule has 28 heavy (non-hydrogen) atoms. The van der Waals surface area contributed by atoms with Gasteiger partial charge < -0.3 is 9.52 Å². The van der Waals surface area contributed by atoms with Crippen LogP contribution in [0.2, 0.25) is 0 Å². The van der Waals surface area contributed by atoms with Crippen LogP contribution in [0.1, 0.15) is 22.3 Å². The van der Waals surface area contributed by atoms with Crippen LogP contribution in [-0.4, -0.2) is 19.9 Å². The molecule has 0 bridgehead atoms. The number of benzene rings is 2. The number of aryl methyl sites for hydroxylation is 3. The van der Waals surface area contributed by atoms with Crippen molar-refractivity contribution in [2.24, 2.45) is 0 Å². The third-order valence-electron chi connectivity index (χ3n) is 4.70. The van der Waals surface area contributed by atoms with Gasteiger partial charge in [-0.05, 0) is 50.1 Å². The van der Waals surface area contributed by atoms with Crippen LogP contribution in [0.5, 0.6) is 5.75 Å². The topological polar surface area (TPSA) is 81.2 Å². The molecule has 142 valence electrons. The summed E-state index contributed by atoms with van der Waals surface area (Å²) in [6, 6.07) is 11.1. The zero-order valence-corrected chi connectivity index (χ0v) is 16.6. The number of aromatic hydroxyl groups is 1. The summed E-state index contributed by atoms with van der Waals surface area (Å²) in [6.07, 6.45) is 1.69. The van der Waals surface area contributed by atoms with Gasteiger partial charge in [0.25, 0.3) is 0 Å². The van der Waals surface area contributed by atoms with Gasteiger partial charge in [-0.1, -0.05) is 29.5 Å². The van der Waals surface area contributed by atoms with E-state index in [-0.39, 0.29) is 5.75 Å². The monoisotopic (exact) mass is 393 g/mol. The first-order valence-corrected chi connectivity index (χ1v) is 9.78. The van der Waals surface area contributed by atoms with Crippen LogP contribution in [0, 0.1) is 20.8 Å². The van der Waals surface area contributed by atoms with Gasteiger partial charge in [0.15, 0.2) is 5.16 Å². The maximum Gasteiger partial charge on any atom is 0.336 e. The highest BCUT2D eigenvalue weighted by Crippen LogP contribution is 2.31.